The van der Waals surface area contributed by atoms with Crippen molar-refractivity contribution in [1.82, 2.24) is 0 Å². The first-order valence-corrected chi connectivity index (χ1v) is 6.62. The molecule has 1 aliphatic rings. The summed E-state index contributed by atoms with van der Waals surface area (Å²) in [5.41, 5.74) is 2.01. The Balaban J connectivity index is 1.84. The van der Waals surface area contributed by atoms with E-state index in [1.165, 1.54) is 0 Å². The summed E-state index contributed by atoms with van der Waals surface area (Å²) in [4.78, 5) is 0. The van der Waals surface area contributed by atoms with Crippen molar-refractivity contribution in [2.75, 3.05) is 13.2 Å². The van der Waals surface area contributed by atoms with Crippen LogP contribution in [-0.2, 0) is 16.1 Å². The van der Waals surface area contributed by atoms with Crippen molar-refractivity contribution in [1.29, 1.82) is 10.5 Å². The van der Waals surface area contributed by atoms with Gasteiger partial charge in [-0.3, -0.25) is 0 Å². The molecular weight excluding hydrogens is 252 g/mol. The van der Waals surface area contributed by atoms with Crippen molar-refractivity contribution in [3.05, 3.63) is 41.0 Å². The second-order valence-electron chi connectivity index (χ2n) is 4.67. The Hall–Kier alpha value is -2.14. The molecule has 0 radical (unpaired) electrons. The molecule has 4 heteroatoms. The highest BCUT2D eigenvalue weighted by atomic mass is 16.5. The highest BCUT2D eigenvalue weighted by Crippen LogP contribution is 2.14. The van der Waals surface area contributed by atoms with Crippen LogP contribution in [0.2, 0.25) is 0 Å². The van der Waals surface area contributed by atoms with Crippen molar-refractivity contribution in [2.45, 2.75) is 25.6 Å². The predicted octanol–water partition coefficient (Wildman–Crippen LogP) is 2.81. The largest absolute Gasteiger partial charge is 0.376 e. The van der Waals surface area contributed by atoms with Gasteiger partial charge in [0.2, 0.25) is 0 Å². The van der Waals surface area contributed by atoms with Crippen LogP contribution < -0.4 is 0 Å². The van der Waals surface area contributed by atoms with Crippen LogP contribution in [0.4, 0.5) is 0 Å². The van der Waals surface area contributed by atoms with Crippen molar-refractivity contribution in [2.24, 2.45) is 0 Å². The standard InChI is InChI=1S/C16H16N2O2/c17-9-15(10-18)8-13-3-5-14(6-4-13)11-19-12-16-2-1-7-20-16/h3-6,8,16H,1-2,7,11-12H2. The van der Waals surface area contributed by atoms with Crippen LogP contribution in [0.5, 0.6) is 0 Å². The molecule has 0 spiro atoms. The average molecular weight is 268 g/mol. The molecule has 1 atom stereocenters. The molecule has 2 rings (SSSR count). The Kier molecular flexibility index (Phi) is 5.32. The molecule has 0 N–H and O–H groups in total. The van der Waals surface area contributed by atoms with Crippen LogP contribution in [-0.4, -0.2) is 19.3 Å². The van der Waals surface area contributed by atoms with E-state index >= 15 is 0 Å². The van der Waals surface area contributed by atoms with E-state index in [-0.39, 0.29) is 11.7 Å². The quantitative estimate of drug-likeness (QED) is 0.770. The average Bonchev–Trinajstić information content (AvgIpc) is 2.99. The summed E-state index contributed by atoms with van der Waals surface area (Å²) >= 11 is 0. The molecule has 1 aromatic rings. The van der Waals surface area contributed by atoms with Crippen molar-refractivity contribution >= 4 is 6.08 Å². The number of nitrogens with zero attached hydrogens (tertiary/aromatic N) is 2. The summed E-state index contributed by atoms with van der Waals surface area (Å²) in [6.45, 7) is 2.02. The molecule has 0 bridgehead atoms. The van der Waals surface area contributed by atoms with Gasteiger partial charge in [-0.1, -0.05) is 24.3 Å². The summed E-state index contributed by atoms with van der Waals surface area (Å²) in [7, 11) is 0. The predicted molar refractivity (Wildman–Crippen MR) is 74.3 cm³/mol. The Morgan fingerprint density at radius 3 is 2.65 bits per heavy atom. The van der Waals surface area contributed by atoms with E-state index in [0.29, 0.717) is 13.2 Å². The Labute approximate surface area is 118 Å². The van der Waals surface area contributed by atoms with Gasteiger partial charge in [0.15, 0.2) is 0 Å². The summed E-state index contributed by atoms with van der Waals surface area (Å²) < 4.78 is 11.1. The molecule has 1 unspecified atom stereocenters. The molecule has 4 nitrogen and oxygen atoms in total. The van der Waals surface area contributed by atoms with E-state index < -0.39 is 0 Å². The summed E-state index contributed by atoms with van der Waals surface area (Å²) in [6.07, 6.45) is 4.01. The maximum atomic E-state index is 8.69. The lowest BCUT2D eigenvalue weighted by Crippen LogP contribution is -2.13. The molecule has 1 saturated heterocycles. The number of nitriles is 2. The number of hydrogen-bond acceptors (Lipinski definition) is 4. The van der Waals surface area contributed by atoms with Crippen LogP contribution in [0.3, 0.4) is 0 Å². The van der Waals surface area contributed by atoms with Crippen LogP contribution in [0.25, 0.3) is 6.08 Å². The molecule has 1 fully saturated rings. The van der Waals surface area contributed by atoms with Gasteiger partial charge in [0.05, 0.1) is 19.3 Å². The maximum absolute atomic E-state index is 8.69. The van der Waals surface area contributed by atoms with Gasteiger partial charge in [0.25, 0.3) is 0 Å². The molecule has 1 heterocycles. The van der Waals surface area contributed by atoms with Gasteiger partial charge in [0, 0.05) is 6.61 Å². The number of allylic oxidation sites excluding steroid dienone is 1. The fraction of sp³-hybridized carbons (Fsp3) is 0.375. The topological polar surface area (TPSA) is 66.0 Å². The van der Waals surface area contributed by atoms with Crippen molar-refractivity contribution in [3.63, 3.8) is 0 Å². The van der Waals surface area contributed by atoms with E-state index in [1.807, 2.05) is 36.4 Å². The first-order valence-electron chi connectivity index (χ1n) is 6.62. The highest BCUT2D eigenvalue weighted by Gasteiger charge is 2.15. The SMILES string of the molecule is N#CC(C#N)=Cc1ccc(COCC2CCCO2)cc1. The highest BCUT2D eigenvalue weighted by molar-refractivity contribution is 5.61. The van der Waals surface area contributed by atoms with E-state index in [9.17, 15) is 0 Å². The smallest absolute Gasteiger partial charge is 0.130 e. The monoisotopic (exact) mass is 268 g/mol. The number of hydrogen-bond donors (Lipinski definition) is 0. The van der Waals surface area contributed by atoms with Gasteiger partial charge in [-0.25, -0.2) is 0 Å². The first kappa shape index (κ1) is 14.3. The van der Waals surface area contributed by atoms with E-state index in [2.05, 4.69) is 0 Å². The lowest BCUT2D eigenvalue weighted by atomic mass is 10.1. The maximum Gasteiger partial charge on any atom is 0.130 e. The Morgan fingerprint density at radius 1 is 1.30 bits per heavy atom. The third-order valence-electron chi connectivity index (χ3n) is 3.13. The second kappa shape index (κ2) is 7.45. The van der Waals surface area contributed by atoms with Crippen molar-refractivity contribution < 1.29 is 9.47 Å². The lowest BCUT2D eigenvalue weighted by molar-refractivity contribution is 0.0106. The zero-order chi connectivity index (χ0) is 14.2. The van der Waals surface area contributed by atoms with E-state index in [0.717, 1.165) is 30.6 Å². The molecule has 20 heavy (non-hydrogen) atoms. The second-order valence-corrected chi connectivity index (χ2v) is 4.67. The molecule has 0 saturated carbocycles. The summed E-state index contributed by atoms with van der Waals surface area (Å²) in [5.74, 6) is 0. The van der Waals surface area contributed by atoms with Crippen LogP contribution in [0.15, 0.2) is 29.8 Å². The van der Waals surface area contributed by atoms with E-state index in [4.69, 9.17) is 20.0 Å². The minimum atomic E-state index is 0.104. The molecule has 102 valence electrons. The Morgan fingerprint density at radius 2 is 2.05 bits per heavy atom. The van der Waals surface area contributed by atoms with Crippen LogP contribution in [0.1, 0.15) is 24.0 Å². The molecule has 0 amide bonds. The van der Waals surface area contributed by atoms with Gasteiger partial charge >= 0.3 is 0 Å². The number of ether oxygens (including phenoxy) is 2. The van der Waals surface area contributed by atoms with Gasteiger partial charge < -0.3 is 9.47 Å². The molecule has 0 aliphatic carbocycles. The van der Waals surface area contributed by atoms with Gasteiger partial charge in [-0.15, -0.1) is 0 Å². The first-order chi connectivity index (χ1) is 9.81. The van der Waals surface area contributed by atoms with Gasteiger partial charge in [0.1, 0.15) is 17.7 Å². The van der Waals surface area contributed by atoms with Crippen molar-refractivity contribution in [3.8, 4) is 12.1 Å². The Bertz CT molecular complexity index is 527. The number of rotatable bonds is 5. The van der Waals surface area contributed by atoms with Crippen LogP contribution in [0, 0.1) is 22.7 Å². The summed E-state index contributed by atoms with van der Waals surface area (Å²) in [6, 6.07) is 11.3. The lowest BCUT2D eigenvalue weighted by Gasteiger charge is -2.10. The summed E-state index contributed by atoms with van der Waals surface area (Å²) in [5, 5.41) is 17.4. The molecule has 0 aromatic heterocycles. The zero-order valence-corrected chi connectivity index (χ0v) is 11.2. The molecular formula is C16H16N2O2. The zero-order valence-electron chi connectivity index (χ0n) is 11.2. The normalized spacial score (nSPS) is 17.2. The van der Waals surface area contributed by atoms with Gasteiger partial charge in [-0.05, 0) is 30.0 Å². The number of benzene rings is 1. The third kappa shape index (κ3) is 4.20. The van der Waals surface area contributed by atoms with Gasteiger partial charge in [-0.2, -0.15) is 10.5 Å². The minimum absolute atomic E-state index is 0.104. The minimum Gasteiger partial charge on any atom is -0.376 e. The fourth-order valence-electron chi connectivity index (χ4n) is 2.05. The van der Waals surface area contributed by atoms with Crippen LogP contribution >= 0.6 is 0 Å². The molecule has 1 aliphatic heterocycles. The van der Waals surface area contributed by atoms with E-state index in [1.54, 1.807) is 6.08 Å². The molecule has 1 aromatic carbocycles. The third-order valence-corrected chi connectivity index (χ3v) is 3.13. The fourth-order valence-corrected chi connectivity index (χ4v) is 2.05.